The topological polar surface area (TPSA) is 69.8 Å². The number of aromatic amines is 1. The maximum atomic E-state index is 12.4. The van der Waals surface area contributed by atoms with Crippen molar-refractivity contribution < 1.29 is 4.79 Å². The lowest BCUT2D eigenvalue weighted by molar-refractivity contribution is 0.102. The van der Waals surface area contributed by atoms with Crippen LogP contribution in [-0.4, -0.2) is 22.4 Å². The molecule has 2 aromatic heterocycles. The Kier molecular flexibility index (Phi) is 3.12. The van der Waals surface area contributed by atoms with Crippen molar-refractivity contribution in [2.75, 3.05) is 11.9 Å². The molecule has 0 bridgehead atoms. The molecule has 1 aliphatic rings. The molecule has 0 saturated heterocycles. The second-order valence-corrected chi connectivity index (χ2v) is 5.47. The summed E-state index contributed by atoms with van der Waals surface area (Å²) in [6.07, 6.45) is 4.31. The van der Waals surface area contributed by atoms with Gasteiger partial charge < -0.3 is 15.6 Å². The molecule has 0 aliphatic carbocycles. The SMILES string of the molecule is O=C(Nc1cccnc1)c1ccc2[nH]c3c(c2c1)CCNC3. The highest BCUT2D eigenvalue weighted by Gasteiger charge is 2.16. The molecule has 4 rings (SSSR count). The Morgan fingerprint density at radius 2 is 2.23 bits per heavy atom. The van der Waals surface area contributed by atoms with Gasteiger partial charge in [-0.2, -0.15) is 0 Å². The minimum atomic E-state index is -0.112. The normalized spacial score (nSPS) is 13.8. The first-order valence-electron chi connectivity index (χ1n) is 7.37. The zero-order valence-electron chi connectivity index (χ0n) is 12.0. The van der Waals surface area contributed by atoms with Gasteiger partial charge >= 0.3 is 0 Å². The summed E-state index contributed by atoms with van der Waals surface area (Å²) in [5.74, 6) is -0.112. The summed E-state index contributed by atoms with van der Waals surface area (Å²) in [5.41, 5.74) is 5.01. The van der Waals surface area contributed by atoms with Gasteiger partial charge in [0, 0.05) is 34.9 Å². The summed E-state index contributed by atoms with van der Waals surface area (Å²) in [4.78, 5) is 19.8. The molecular weight excluding hydrogens is 276 g/mol. The second-order valence-electron chi connectivity index (χ2n) is 5.47. The third kappa shape index (κ3) is 2.25. The Labute approximate surface area is 127 Å². The lowest BCUT2D eigenvalue weighted by Crippen LogP contribution is -2.23. The quantitative estimate of drug-likeness (QED) is 0.679. The van der Waals surface area contributed by atoms with Gasteiger partial charge in [-0.1, -0.05) is 0 Å². The van der Waals surface area contributed by atoms with Gasteiger partial charge in [-0.3, -0.25) is 9.78 Å². The van der Waals surface area contributed by atoms with E-state index >= 15 is 0 Å². The van der Waals surface area contributed by atoms with E-state index in [0.717, 1.165) is 30.4 Å². The van der Waals surface area contributed by atoms with Gasteiger partial charge in [-0.05, 0) is 48.9 Å². The van der Waals surface area contributed by atoms with Crippen LogP contribution in [0.2, 0.25) is 0 Å². The largest absolute Gasteiger partial charge is 0.357 e. The van der Waals surface area contributed by atoms with Crippen LogP contribution in [0.25, 0.3) is 10.9 Å². The number of nitrogens with one attached hydrogen (secondary N) is 3. The molecule has 1 aliphatic heterocycles. The van der Waals surface area contributed by atoms with Gasteiger partial charge in [0.2, 0.25) is 0 Å². The van der Waals surface area contributed by atoms with Crippen molar-refractivity contribution in [1.82, 2.24) is 15.3 Å². The van der Waals surface area contributed by atoms with Crippen molar-refractivity contribution in [1.29, 1.82) is 0 Å². The molecule has 0 unspecified atom stereocenters. The van der Waals surface area contributed by atoms with Gasteiger partial charge in [0.15, 0.2) is 0 Å². The Morgan fingerprint density at radius 1 is 1.27 bits per heavy atom. The number of H-pyrrole nitrogens is 1. The van der Waals surface area contributed by atoms with Crippen molar-refractivity contribution in [2.45, 2.75) is 13.0 Å². The van der Waals surface area contributed by atoms with Gasteiger partial charge in [0.1, 0.15) is 0 Å². The summed E-state index contributed by atoms with van der Waals surface area (Å²) < 4.78 is 0. The molecule has 3 heterocycles. The predicted molar refractivity (Wildman–Crippen MR) is 85.9 cm³/mol. The lowest BCUT2D eigenvalue weighted by Gasteiger charge is -2.12. The number of pyridine rings is 1. The fourth-order valence-corrected chi connectivity index (χ4v) is 2.95. The molecule has 5 heteroatoms. The minimum Gasteiger partial charge on any atom is -0.357 e. The number of benzene rings is 1. The molecule has 0 radical (unpaired) electrons. The molecule has 1 amide bonds. The average Bonchev–Trinajstić information content (AvgIpc) is 2.93. The predicted octanol–water partition coefficient (Wildman–Crippen LogP) is 2.46. The van der Waals surface area contributed by atoms with Gasteiger partial charge in [0.25, 0.3) is 5.91 Å². The van der Waals surface area contributed by atoms with E-state index < -0.39 is 0 Å². The third-order valence-electron chi connectivity index (χ3n) is 4.03. The second kappa shape index (κ2) is 5.27. The van der Waals surface area contributed by atoms with Crippen LogP contribution in [0.3, 0.4) is 0 Å². The van der Waals surface area contributed by atoms with Crippen LogP contribution >= 0.6 is 0 Å². The standard InChI is InChI=1S/C17H16N4O/c22-17(20-12-2-1-6-18-9-12)11-3-4-15-14(8-11)13-5-7-19-10-16(13)21-15/h1-4,6,8-9,19,21H,5,7,10H2,(H,20,22). The minimum absolute atomic E-state index is 0.112. The first-order chi connectivity index (χ1) is 10.8. The summed E-state index contributed by atoms with van der Waals surface area (Å²) in [6, 6.07) is 9.43. The first-order valence-corrected chi connectivity index (χ1v) is 7.37. The molecule has 5 nitrogen and oxygen atoms in total. The van der Waals surface area contributed by atoms with Crippen molar-refractivity contribution in [3.8, 4) is 0 Å². The number of amides is 1. The lowest BCUT2D eigenvalue weighted by atomic mass is 10.0. The molecule has 0 spiro atoms. The number of rotatable bonds is 2. The van der Waals surface area contributed by atoms with E-state index in [4.69, 9.17) is 0 Å². The number of anilines is 1. The smallest absolute Gasteiger partial charge is 0.255 e. The molecule has 1 aromatic carbocycles. The molecule has 0 fully saturated rings. The van der Waals surface area contributed by atoms with E-state index in [2.05, 4.69) is 20.6 Å². The van der Waals surface area contributed by atoms with Crippen LogP contribution in [0.1, 0.15) is 21.6 Å². The fourth-order valence-electron chi connectivity index (χ4n) is 2.95. The number of carbonyl (C=O) groups is 1. The van der Waals surface area contributed by atoms with Crippen LogP contribution in [0.4, 0.5) is 5.69 Å². The monoisotopic (exact) mass is 292 g/mol. The van der Waals surface area contributed by atoms with Crippen LogP contribution in [0, 0.1) is 0 Å². The van der Waals surface area contributed by atoms with Gasteiger partial charge in [-0.15, -0.1) is 0 Å². The van der Waals surface area contributed by atoms with Crippen LogP contribution in [0.5, 0.6) is 0 Å². The van der Waals surface area contributed by atoms with Crippen LogP contribution in [0.15, 0.2) is 42.7 Å². The van der Waals surface area contributed by atoms with Gasteiger partial charge in [-0.25, -0.2) is 0 Å². The summed E-state index contributed by atoms with van der Waals surface area (Å²) in [6.45, 7) is 1.84. The zero-order chi connectivity index (χ0) is 14.9. The number of aromatic nitrogens is 2. The molecule has 3 N–H and O–H groups in total. The van der Waals surface area contributed by atoms with E-state index in [-0.39, 0.29) is 5.91 Å². The maximum Gasteiger partial charge on any atom is 0.255 e. The van der Waals surface area contributed by atoms with E-state index in [1.165, 1.54) is 11.3 Å². The molecule has 110 valence electrons. The van der Waals surface area contributed by atoms with Crippen molar-refractivity contribution in [3.05, 3.63) is 59.5 Å². The Balaban J connectivity index is 1.68. The highest BCUT2D eigenvalue weighted by Crippen LogP contribution is 2.26. The Bertz CT molecular complexity index is 838. The number of hydrogen-bond donors (Lipinski definition) is 3. The fraction of sp³-hybridized carbons (Fsp3) is 0.176. The summed E-state index contributed by atoms with van der Waals surface area (Å²) >= 11 is 0. The first kappa shape index (κ1) is 13.0. The number of nitrogens with zero attached hydrogens (tertiary/aromatic N) is 1. The third-order valence-corrected chi connectivity index (χ3v) is 4.03. The van der Waals surface area contributed by atoms with Crippen molar-refractivity contribution >= 4 is 22.5 Å². The van der Waals surface area contributed by atoms with Crippen molar-refractivity contribution in [2.24, 2.45) is 0 Å². The Morgan fingerprint density at radius 3 is 3.09 bits per heavy atom. The van der Waals surface area contributed by atoms with Gasteiger partial charge in [0.05, 0.1) is 11.9 Å². The van der Waals surface area contributed by atoms with Crippen LogP contribution in [-0.2, 0) is 13.0 Å². The van der Waals surface area contributed by atoms with E-state index in [9.17, 15) is 4.79 Å². The maximum absolute atomic E-state index is 12.4. The highest BCUT2D eigenvalue weighted by molar-refractivity contribution is 6.06. The Hall–Kier alpha value is -2.66. The summed E-state index contributed by atoms with van der Waals surface area (Å²) in [7, 11) is 0. The number of hydrogen-bond acceptors (Lipinski definition) is 3. The molecule has 0 saturated carbocycles. The summed E-state index contributed by atoms with van der Waals surface area (Å²) in [5, 5.41) is 7.37. The van der Waals surface area contributed by atoms with Crippen molar-refractivity contribution in [3.63, 3.8) is 0 Å². The highest BCUT2D eigenvalue weighted by atomic mass is 16.1. The van der Waals surface area contributed by atoms with E-state index in [0.29, 0.717) is 11.3 Å². The van der Waals surface area contributed by atoms with E-state index in [1.807, 2.05) is 24.3 Å². The zero-order valence-corrected chi connectivity index (χ0v) is 12.0. The molecule has 3 aromatic rings. The number of fused-ring (bicyclic) bond motifs is 3. The molecular formula is C17H16N4O. The molecule has 22 heavy (non-hydrogen) atoms. The average molecular weight is 292 g/mol. The molecule has 0 atom stereocenters. The number of carbonyl (C=O) groups excluding carboxylic acids is 1. The van der Waals surface area contributed by atoms with Crippen LogP contribution < -0.4 is 10.6 Å². The van der Waals surface area contributed by atoms with E-state index in [1.54, 1.807) is 18.5 Å².